The molecule has 61 heavy (non-hydrogen) atoms. The SMILES string of the molecule is C=CCCCCCCCC(=O)NCCCCCCCCCCCCCCCCCC.C=CCCCCCCCCC(=O)NCCCCCCCCCCCCCCCCCC. The maximum atomic E-state index is 11.9. The number of carbonyl (C=O) groups is 2. The minimum atomic E-state index is 0.252. The monoisotopic (exact) mass is 857 g/mol. The fourth-order valence-corrected chi connectivity index (χ4v) is 8.36. The van der Waals surface area contributed by atoms with Crippen LogP contribution < -0.4 is 10.6 Å². The van der Waals surface area contributed by atoms with Gasteiger partial charge < -0.3 is 10.6 Å². The normalized spacial score (nSPS) is 11.0. The molecule has 0 aromatic carbocycles. The number of amides is 2. The van der Waals surface area contributed by atoms with Crippen LogP contribution in [0.4, 0.5) is 0 Å². The molecule has 0 atom stereocenters. The predicted octanol–water partition coefficient (Wildman–Crippen LogP) is 19.0. The Balaban J connectivity index is 0. The van der Waals surface area contributed by atoms with Gasteiger partial charge in [0.1, 0.15) is 0 Å². The highest BCUT2D eigenvalue weighted by Crippen LogP contribution is 2.16. The molecule has 0 aliphatic heterocycles. The third kappa shape index (κ3) is 60.5. The number of rotatable bonds is 51. The van der Waals surface area contributed by atoms with Crippen molar-refractivity contribution in [1.82, 2.24) is 10.6 Å². The van der Waals surface area contributed by atoms with Crippen LogP contribution >= 0.6 is 0 Å². The summed E-state index contributed by atoms with van der Waals surface area (Å²) in [6.45, 7) is 13.8. The summed E-state index contributed by atoms with van der Waals surface area (Å²) in [5.41, 5.74) is 0. The van der Waals surface area contributed by atoms with Crippen molar-refractivity contribution in [3.8, 4) is 0 Å². The van der Waals surface area contributed by atoms with Crippen molar-refractivity contribution in [3.63, 3.8) is 0 Å². The second kappa shape index (κ2) is 58.4. The first-order valence-electron chi connectivity index (χ1n) is 27.9. The molecule has 362 valence electrons. The Hall–Kier alpha value is -1.58. The summed E-state index contributed by atoms with van der Waals surface area (Å²) in [6, 6.07) is 0. The second-order valence-corrected chi connectivity index (χ2v) is 18.9. The molecule has 4 nitrogen and oxygen atoms in total. The number of hydrogen-bond donors (Lipinski definition) is 2. The third-order valence-electron chi connectivity index (χ3n) is 12.6. The Morgan fingerprint density at radius 3 is 0.721 bits per heavy atom. The maximum Gasteiger partial charge on any atom is 0.219 e. The first kappa shape index (κ1) is 61.5. The number of carbonyl (C=O) groups excluding carboxylic acids is 2. The van der Waals surface area contributed by atoms with E-state index < -0.39 is 0 Å². The van der Waals surface area contributed by atoms with E-state index >= 15 is 0 Å². The topological polar surface area (TPSA) is 58.2 Å². The van der Waals surface area contributed by atoms with Gasteiger partial charge in [0.05, 0.1) is 0 Å². The molecule has 2 N–H and O–H groups in total. The minimum Gasteiger partial charge on any atom is -0.356 e. The zero-order valence-electron chi connectivity index (χ0n) is 42.0. The van der Waals surface area contributed by atoms with Crippen molar-refractivity contribution in [2.24, 2.45) is 0 Å². The fourth-order valence-electron chi connectivity index (χ4n) is 8.36. The van der Waals surface area contributed by atoms with Crippen LogP contribution in [-0.2, 0) is 9.59 Å². The molecule has 0 aliphatic carbocycles. The van der Waals surface area contributed by atoms with E-state index in [-0.39, 0.29) is 11.8 Å². The third-order valence-corrected chi connectivity index (χ3v) is 12.6. The number of hydrogen-bond acceptors (Lipinski definition) is 2. The van der Waals surface area contributed by atoms with Gasteiger partial charge in [-0.2, -0.15) is 0 Å². The van der Waals surface area contributed by atoms with Crippen LogP contribution in [0.15, 0.2) is 25.3 Å². The van der Waals surface area contributed by atoms with Crippen LogP contribution in [0.3, 0.4) is 0 Å². The van der Waals surface area contributed by atoms with Crippen molar-refractivity contribution in [2.75, 3.05) is 13.1 Å². The van der Waals surface area contributed by atoms with Crippen LogP contribution in [0.2, 0.25) is 0 Å². The van der Waals surface area contributed by atoms with Gasteiger partial charge in [-0.15, -0.1) is 13.2 Å². The fraction of sp³-hybridized carbons (Fsp3) is 0.895. The number of allylic oxidation sites excluding steroid dienone is 2. The van der Waals surface area contributed by atoms with Gasteiger partial charge in [0.15, 0.2) is 0 Å². The number of unbranched alkanes of at least 4 members (excludes halogenated alkanes) is 41. The molecule has 0 spiro atoms. The lowest BCUT2D eigenvalue weighted by atomic mass is 10.0. The average Bonchev–Trinajstić information content (AvgIpc) is 3.26. The largest absolute Gasteiger partial charge is 0.356 e. The summed E-state index contributed by atoms with van der Waals surface area (Å²) in [5, 5.41) is 6.19. The molecule has 0 radical (unpaired) electrons. The Morgan fingerprint density at radius 2 is 0.492 bits per heavy atom. The molecular formula is C57H112N2O2. The van der Waals surface area contributed by atoms with E-state index in [0.29, 0.717) is 12.8 Å². The Morgan fingerprint density at radius 1 is 0.295 bits per heavy atom. The molecule has 0 saturated carbocycles. The molecule has 4 heteroatoms. The van der Waals surface area contributed by atoms with Gasteiger partial charge in [-0.3, -0.25) is 9.59 Å². The van der Waals surface area contributed by atoms with E-state index in [2.05, 4.69) is 37.6 Å². The van der Waals surface area contributed by atoms with Gasteiger partial charge in [0.2, 0.25) is 11.8 Å². The van der Waals surface area contributed by atoms with Gasteiger partial charge in [-0.1, -0.05) is 264 Å². The van der Waals surface area contributed by atoms with Gasteiger partial charge in [-0.05, 0) is 51.4 Å². The molecule has 0 fully saturated rings. The van der Waals surface area contributed by atoms with Gasteiger partial charge >= 0.3 is 0 Å². The molecule has 0 rings (SSSR count). The zero-order chi connectivity index (χ0) is 44.6. The quantitative estimate of drug-likeness (QED) is 0.0473. The van der Waals surface area contributed by atoms with E-state index in [9.17, 15) is 9.59 Å². The Bertz CT molecular complexity index is 856. The van der Waals surface area contributed by atoms with Crippen molar-refractivity contribution < 1.29 is 9.59 Å². The molecule has 0 aromatic rings. The molecule has 0 unspecified atom stereocenters. The standard InChI is InChI=1S/C29H57NO.C28H55NO/c1-3-5-7-9-11-13-14-15-16-17-18-19-20-22-24-26-28-30-29(31)27-25-23-21-12-10-8-6-4-2;1-3-5-7-9-11-12-13-14-15-16-17-18-19-21-23-25-27-29-28(30)26-24-22-20-10-8-6-4-2/h4H,2-3,5-28H2,1H3,(H,30,31);4H,2-3,5-27H2,1H3,(H,29,30). The zero-order valence-corrected chi connectivity index (χ0v) is 42.0. The first-order chi connectivity index (χ1) is 30.1. The minimum absolute atomic E-state index is 0.252. The van der Waals surface area contributed by atoms with Gasteiger partial charge in [0.25, 0.3) is 0 Å². The Labute approximate surface area is 384 Å². The summed E-state index contributed by atoms with van der Waals surface area (Å²) in [6.07, 6.45) is 65.6. The average molecular weight is 858 g/mol. The summed E-state index contributed by atoms with van der Waals surface area (Å²) < 4.78 is 0. The van der Waals surface area contributed by atoms with Crippen LogP contribution in [0.5, 0.6) is 0 Å². The number of nitrogens with one attached hydrogen (secondary N) is 2. The molecule has 0 saturated heterocycles. The van der Waals surface area contributed by atoms with E-state index in [0.717, 1.165) is 51.6 Å². The van der Waals surface area contributed by atoms with Gasteiger partial charge in [-0.25, -0.2) is 0 Å². The summed E-state index contributed by atoms with van der Waals surface area (Å²) >= 11 is 0. The molecule has 2 amide bonds. The highest BCUT2D eigenvalue weighted by molar-refractivity contribution is 5.76. The lowest BCUT2D eigenvalue weighted by Crippen LogP contribution is -2.23. The van der Waals surface area contributed by atoms with Crippen LogP contribution in [-0.4, -0.2) is 24.9 Å². The van der Waals surface area contributed by atoms with Crippen molar-refractivity contribution in [1.29, 1.82) is 0 Å². The molecule has 0 aromatic heterocycles. The summed E-state index contributed by atoms with van der Waals surface area (Å²) in [5.74, 6) is 0.509. The predicted molar refractivity (Wildman–Crippen MR) is 275 cm³/mol. The van der Waals surface area contributed by atoms with E-state index in [1.807, 2.05) is 12.2 Å². The van der Waals surface area contributed by atoms with E-state index in [1.165, 1.54) is 250 Å². The molecule has 0 bridgehead atoms. The van der Waals surface area contributed by atoms with Crippen LogP contribution in [0.1, 0.15) is 316 Å². The Kier molecular flexibility index (Phi) is 58.9. The lowest BCUT2D eigenvalue weighted by Gasteiger charge is -2.06. The van der Waals surface area contributed by atoms with E-state index in [1.54, 1.807) is 0 Å². The highest BCUT2D eigenvalue weighted by atomic mass is 16.2. The molecular weight excluding hydrogens is 745 g/mol. The maximum absolute atomic E-state index is 11.9. The smallest absolute Gasteiger partial charge is 0.219 e. The van der Waals surface area contributed by atoms with E-state index in [4.69, 9.17) is 0 Å². The second-order valence-electron chi connectivity index (χ2n) is 18.9. The first-order valence-corrected chi connectivity index (χ1v) is 27.9. The van der Waals surface area contributed by atoms with Crippen molar-refractivity contribution in [3.05, 3.63) is 25.3 Å². The van der Waals surface area contributed by atoms with Crippen LogP contribution in [0, 0.1) is 0 Å². The van der Waals surface area contributed by atoms with Crippen molar-refractivity contribution >= 4 is 11.8 Å². The van der Waals surface area contributed by atoms with Gasteiger partial charge in [0, 0.05) is 25.9 Å². The summed E-state index contributed by atoms with van der Waals surface area (Å²) in [4.78, 5) is 23.7. The molecule has 0 aliphatic rings. The van der Waals surface area contributed by atoms with Crippen molar-refractivity contribution in [2.45, 2.75) is 316 Å². The van der Waals surface area contributed by atoms with Crippen LogP contribution in [0.25, 0.3) is 0 Å². The highest BCUT2D eigenvalue weighted by Gasteiger charge is 2.03. The summed E-state index contributed by atoms with van der Waals surface area (Å²) in [7, 11) is 0. The lowest BCUT2D eigenvalue weighted by molar-refractivity contribution is -0.122. The molecule has 0 heterocycles.